The number of para-hydroxylation sites is 1. The zero-order valence-corrected chi connectivity index (χ0v) is 10.0. The van der Waals surface area contributed by atoms with E-state index in [-0.39, 0.29) is 17.2 Å². The minimum Gasteiger partial charge on any atom is -0.358 e. The van der Waals surface area contributed by atoms with Crippen LogP contribution in [0.15, 0.2) is 34.2 Å². The lowest BCUT2D eigenvalue weighted by atomic mass is 10.2. The fraction of sp³-hybridized carbons (Fsp3) is 0.182. The zero-order chi connectivity index (χ0) is 12.3. The highest BCUT2D eigenvalue weighted by molar-refractivity contribution is 7.99. The number of rotatable bonds is 3. The molecule has 6 heteroatoms. The largest absolute Gasteiger partial charge is 0.358 e. The van der Waals surface area contributed by atoms with Gasteiger partial charge in [0.15, 0.2) is 5.16 Å². The molecule has 0 saturated heterocycles. The van der Waals surface area contributed by atoms with Crippen molar-refractivity contribution in [1.29, 1.82) is 0 Å². The molecule has 1 heterocycles. The van der Waals surface area contributed by atoms with Gasteiger partial charge in [0.05, 0.1) is 16.7 Å². The Morgan fingerprint density at radius 3 is 3.00 bits per heavy atom. The van der Waals surface area contributed by atoms with E-state index in [2.05, 4.69) is 15.3 Å². The van der Waals surface area contributed by atoms with E-state index in [1.807, 2.05) is 6.07 Å². The van der Waals surface area contributed by atoms with Crippen molar-refractivity contribution in [3.8, 4) is 0 Å². The van der Waals surface area contributed by atoms with Crippen LogP contribution in [0.1, 0.15) is 0 Å². The first-order valence-corrected chi connectivity index (χ1v) is 6.01. The third-order valence-corrected chi connectivity index (χ3v) is 3.08. The Balaban J connectivity index is 2.31. The first kappa shape index (κ1) is 11.7. The van der Waals surface area contributed by atoms with Gasteiger partial charge in [-0.25, -0.2) is 4.98 Å². The van der Waals surface area contributed by atoms with Crippen LogP contribution >= 0.6 is 11.8 Å². The van der Waals surface area contributed by atoms with Crippen LogP contribution in [0, 0.1) is 0 Å². The van der Waals surface area contributed by atoms with Gasteiger partial charge in [0, 0.05) is 7.05 Å². The molecule has 0 fully saturated rings. The standard InChI is InChI=1S/C11H11N3O2S/c1-12-9(15)6-17-11-13-8-5-3-2-4-7(8)10(16)14-11/h2-5H,6H2,1H3,(H,12,15)(H,13,14,16). The van der Waals surface area contributed by atoms with Gasteiger partial charge in [0.2, 0.25) is 5.91 Å². The van der Waals surface area contributed by atoms with Crippen molar-refractivity contribution in [3.05, 3.63) is 34.6 Å². The molecule has 0 saturated carbocycles. The maximum Gasteiger partial charge on any atom is 0.259 e. The minimum absolute atomic E-state index is 0.106. The molecule has 0 radical (unpaired) electrons. The van der Waals surface area contributed by atoms with Crippen molar-refractivity contribution in [1.82, 2.24) is 15.3 Å². The molecule has 0 bridgehead atoms. The van der Waals surface area contributed by atoms with E-state index in [1.54, 1.807) is 25.2 Å². The van der Waals surface area contributed by atoms with E-state index in [1.165, 1.54) is 11.8 Å². The van der Waals surface area contributed by atoms with E-state index in [9.17, 15) is 9.59 Å². The highest BCUT2D eigenvalue weighted by Gasteiger charge is 2.05. The van der Waals surface area contributed by atoms with Crippen molar-refractivity contribution in [2.75, 3.05) is 12.8 Å². The predicted octanol–water partition coefficient (Wildman–Crippen LogP) is 0.761. The Bertz CT molecular complexity index is 609. The number of aromatic nitrogens is 2. The smallest absolute Gasteiger partial charge is 0.259 e. The summed E-state index contributed by atoms with van der Waals surface area (Å²) in [6.07, 6.45) is 0. The van der Waals surface area contributed by atoms with Crippen molar-refractivity contribution in [3.63, 3.8) is 0 Å². The van der Waals surface area contributed by atoms with Gasteiger partial charge in [-0.1, -0.05) is 23.9 Å². The van der Waals surface area contributed by atoms with Gasteiger partial charge in [0.1, 0.15) is 0 Å². The number of aromatic amines is 1. The SMILES string of the molecule is CNC(=O)CSc1nc2ccccc2c(=O)[nH]1. The average molecular weight is 249 g/mol. The number of hydrogen-bond acceptors (Lipinski definition) is 4. The number of thioether (sulfide) groups is 1. The Morgan fingerprint density at radius 2 is 2.24 bits per heavy atom. The molecule has 88 valence electrons. The number of benzene rings is 1. The number of carbonyl (C=O) groups excluding carboxylic acids is 1. The van der Waals surface area contributed by atoms with Crippen LogP contribution in [-0.2, 0) is 4.79 Å². The average Bonchev–Trinajstić information content (AvgIpc) is 2.36. The first-order chi connectivity index (χ1) is 8.20. The third kappa shape index (κ3) is 2.65. The summed E-state index contributed by atoms with van der Waals surface area (Å²) < 4.78 is 0. The monoisotopic (exact) mass is 249 g/mol. The minimum atomic E-state index is -0.185. The second kappa shape index (κ2) is 5.01. The summed E-state index contributed by atoms with van der Waals surface area (Å²) in [5.74, 6) is 0.128. The summed E-state index contributed by atoms with van der Waals surface area (Å²) in [6, 6.07) is 7.10. The maximum atomic E-state index is 11.7. The van der Waals surface area contributed by atoms with Gasteiger partial charge >= 0.3 is 0 Å². The second-order valence-corrected chi connectivity index (χ2v) is 4.31. The molecule has 2 aromatic rings. The van der Waals surface area contributed by atoms with Gasteiger partial charge in [-0.3, -0.25) is 9.59 Å². The molecule has 5 nitrogen and oxygen atoms in total. The molecule has 0 aliphatic rings. The molecule has 1 aromatic heterocycles. The lowest BCUT2D eigenvalue weighted by molar-refractivity contribution is -0.118. The number of fused-ring (bicyclic) bond motifs is 1. The van der Waals surface area contributed by atoms with Crippen molar-refractivity contribution < 1.29 is 4.79 Å². The number of nitrogens with one attached hydrogen (secondary N) is 2. The van der Waals surface area contributed by atoms with Crippen LogP contribution in [0.25, 0.3) is 10.9 Å². The Morgan fingerprint density at radius 1 is 1.47 bits per heavy atom. The fourth-order valence-corrected chi connectivity index (χ4v) is 2.08. The highest BCUT2D eigenvalue weighted by atomic mass is 32.2. The summed E-state index contributed by atoms with van der Waals surface area (Å²) >= 11 is 1.20. The van der Waals surface area contributed by atoms with Crippen LogP contribution in [0.3, 0.4) is 0 Å². The van der Waals surface area contributed by atoms with Crippen LogP contribution in [0.2, 0.25) is 0 Å². The van der Waals surface area contributed by atoms with Gasteiger partial charge in [-0.2, -0.15) is 0 Å². The van der Waals surface area contributed by atoms with Crippen molar-refractivity contribution in [2.24, 2.45) is 0 Å². The highest BCUT2D eigenvalue weighted by Crippen LogP contribution is 2.13. The second-order valence-electron chi connectivity index (χ2n) is 3.35. The van der Waals surface area contributed by atoms with E-state index in [0.717, 1.165) is 0 Å². The van der Waals surface area contributed by atoms with Crippen LogP contribution < -0.4 is 10.9 Å². The molecule has 1 aromatic carbocycles. The molecule has 0 atom stereocenters. The quantitative estimate of drug-likeness (QED) is 0.622. The topological polar surface area (TPSA) is 74.8 Å². The third-order valence-electron chi connectivity index (χ3n) is 2.21. The Labute approximate surface area is 102 Å². The summed E-state index contributed by atoms with van der Waals surface area (Å²) in [6.45, 7) is 0. The number of H-pyrrole nitrogens is 1. The lowest BCUT2D eigenvalue weighted by Crippen LogP contribution is -2.20. The number of amides is 1. The fourth-order valence-electron chi connectivity index (χ4n) is 1.34. The molecule has 0 aliphatic heterocycles. The van der Waals surface area contributed by atoms with E-state index < -0.39 is 0 Å². The molecule has 17 heavy (non-hydrogen) atoms. The van der Waals surface area contributed by atoms with Gasteiger partial charge < -0.3 is 10.3 Å². The maximum absolute atomic E-state index is 11.7. The van der Waals surface area contributed by atoms with E-state index in [4.69, 9.17) is 0 Å². The molecule has 2 rings (SSSR count). The number of nitrogens with zero attached hydrogens (tertiary/aromatic N) is 1. The zero-order valence-electron chi connectivity index (χ0n) is 9.19. The molecular formula is C11H11N3O2S. The van der Waals surface area contributed by atoms with Crippen molar-refractivity contribution >= 4 is 28.6 Å². The van der Waals surface area contributed by atoms with Gasteiger partial charge in [-0.15, -0.1) is 0 Å². The predicted molar refractivity (Wildman–Crippen MR) is 67.2 cm³/mol. The van der Waals surface area contributed by atoms with Gasteiger partial charge in [-0.05, 0) is 12.1 Å². The van der Waals surface area contributed by atoms with Crippen molar-refractivity contribution in [2.45, 2.75) is 5.16 Å². The molecule has 1 amide bonds. The Hall–Kier alpha value is -1.82. The summed E-state index contributed by atoms with van der Waals surface area (Å²) in [4.78, 5) is 29.7. The van der Waals surface area contributed by atoms with Crippen LogP contribution in [0.4, 0.5) is 0 Å². The first-order valence-electron chi connectivity index (χ1n) is 5.03. The normalized spacial score (nSPS) is 10.4. The molecule has 0 aliphatic carbocycles. The summed E-state index contributed by atoms with van der Waals surface area (Å²) in [7, 11) is 1.57. The van der Waals surface area contributed by atoms with E-state index >= 15 is 0 Å². The molecule has 0 spiro atoms. The van der Waals surface area contributed by atoms with Crippen LogP contribution in [-0.4, -0.2) is 28.7 Å². The Kier molecular flexibility index (Phi) is 3.43. The number of hydrogen-bond donors (Lipinski definition) is 2. The van der Waals surface area contributed by atoms with Crippen LogP contribution in [0.5, 0.6) is 0 Å². The summed E-state index contributed by atoms with van der Waals surface area (Å²) in [5.41, 5.74) is 0.450. The summed E-state index contributed by atoms with van der Waals surface area (Å²) in [5, 5.41) is 3.52. The van der Waals surface area contributed by atoms with Gasteiger partial charge in [0.25, 0.3) is 5.56 Å². The number of carbonyl (C=O) groups is 1. The molecule has 0 unspecified atom stereocenters. The lowest BCUT2D eigenvalue weighted by Gasteiger charge is -2.01. The van der Waals surface area contributed by atoms with E-state index in [0.29, 0.717) is 16.1 Å². The molecular weight excluding hydrogens is 238 g/mol. The molecule has 2 N–H and O–H groups in total.